The van der Waals surface area contributed by atoms with Gasteiger partial charge in [-0.15, -0.1) is 0 Å². The molecular weight excluding hydrogens is 322 g/mol. The van der Waals surface area contributed by atoms with E-state index < -0.39 is 0 Å². The zero-order valence-corrected chi connectivity index (χ0v) is 15.6. The molecule has 0 amide bonds. The molecule has 2 heterocycles. The molecule has 0 bridgehead atoms. The first-order valence-corrected chi connectivity index (χ1v) is 8.67. The van der Waals surface area contributed by atoms with Crippen LogP contribution < -0.4 is 10.6 Å². The molecule has 0 spiro atoms. The maximum Gasteiger partial charge on any atom is 0.181 e. The third kappa shape index (κ3) is 3.70. The number of fused-ring (bicyclic) bond motifs is 1. The number of aromatic nitrogens is 3. The average molecular weight is 345 g/mol. The van der Waals surface area contributed by atoms with Gasteiger partial charge in [0.25, 0.3) is 0 Å². The van der Waals surface area contributed by atoms with Gasteiger partial charge in [0, 0.05) is 36.9 Å². The highest BCUT2D eigenvalue weighted by Crippen LogP contribution is 2.17. The van der Waals surface area contributed by atoms with E-state index in [4.69, 9.17) is 0 Å². The molecule has 0 unspecified atom stereocenters. The van der Waals surface area contributed by atoms with Crippen molar-refractivity contribution in [1.29, 1.82) is 0 Å². The molecule has 5 heteroatoms. The molecule has 0 aliphatic carbocycles. The Morgan fingerprint density at radius 1 is 1.23 bits per heavy atom. The number of nitrogens with one attached hydrogen (secondary N) is 2. The van der Waals surface area contributed by atoms with E-state index >= 15 is 0 Å². The quantitative estimate of drug-likeness (QED) is 0.709. The topological polar surface area (TPSA) is 54.2 Å². The molecule has 26 heavy (non-hydrogen) atoms. The summed E-state index contributed by atoms with van der Waals surface area (Å²) in [5.41, 5.74) is 6.05. The number of rotatable bonds is 4. The van der Waals surface area contributed by atoms with E-state index in [1.54, 1.807) is 12.4 Å². The Kier molecular flexibility index (Phi) is 5.23. The minimum atomic E-state index is 0.718. The van der Waals surface area contributed by atoms with Crippen molar-refractivity contribution in [3.05, 3.63) is 71.1 Å². The van der Waals surface area contributed by atoms with E-state index in [-0.39, 0.29) is 0 Å². The van der Waals surface area contributed by atoms with E-state index in [1.165, 1.54) is 11.1 Å². The van der Waals surface area contributed by atoms with Gasteiger partial charge in [-0.2, -0.15) is 0 Å². The van der Waals surface area contributed by atoms with Crippen molar-refractivity contribution in [1.82, 2.24) is 19.7 Å². The van der Waals surface area contributed by atoms with Crippen LogP contribution in [0.2, 0.25) is 0 Å². The Balaban J connectivity index is 1.98. The normalized spacial score (nSPS) is 11.2. The maximum atomic E-state index is 4.51. The second-order valence-corrected chi connectivity index (χ2v) is 6.12. The van der Waals surface area contributed by atoms with E-state index in [2.05, 4.69) is 71.4 Å². The van der Waals surface area contributed by atoms with Crippen LogP contribution >= 0.6 is 0 Å². The van der Waals surface area contributed by atoms with E-state index in [0.717, 1.165) is 34.8 Å². The minimum absolute atomic E-state index is 0.718. The summed E-state index contributed by atoms with van der Waals surface area (Å²) in [6, 6.07) is 6.30. The molecule has 2 N–H and O–H groups in total. The Bertz CT molecular complexity index is 1020. The van der Waals surface area contributed by atoms with Gasteiger partial charge in [0.05, 0.1) is 6.20 Å². The molecule has 0 saturated carbocycles. The van der Waals surface area contributed by atoms with Gasteiger partial charge in [-0.1, -0.05) is 25.0 Å². The summed E-state index contributed by atoms with van der Waals surface area (Å²) in [6.45, 7) is 6.24. The monoisotopic (exact) mass is 345 g/mol. The fourth-order valence-electron chi connectivity index (χ4n) is 2.65. The van der Waals surface area contributed by atoms with Gasteiger partial charge >= 0.3 is 0 Å². The van der Waals surface area contributed by atoms with Crippen molar-refractivity contribution in [3.63, 3.8) is 0 Å². The molecule has 0 aliphatic rings. The highest BCUT2D eigenvalue weighted by atomic mass is 15.1. The van der Waals surface area contributed by atoms with Gasteiger partial charge < -0.3 is 10.6 Å². The molecule has 0 saturated heterocycles. The van der Waals surface area contributed by atoms with Crippen LogP contribution in [-0.4, -0.2) is 21.4 Å². The van der Waals surface area contributed by atoms with Crippen LogP contribution in [0.5, 0.6) is 0 Å². The smallest absolute Gasteiger partial charge is 0.181 e. The molecule has 0 fully saturated rings. The van der Waals surface area contributed by atoms with Gasteiger partial charge in [-0.3, -0.25) is 4.40 Å². The lowest BCUT2D eigenvalue weighted by atomic mass is 10.1. The summed E-state index contributed by atoms with van der Waals surface area (Å²) in [6.07, 6.45) is 8.22. The van der Waals surface area contributed by atoms with Crippen LogP contribution in [0.3, 0.4) is 0 Å². The SMILES string of the molecule is CC/C(=C\NC)Nc1nccn2c(C#Cc3cc(C)ccc3C)cnc12. The lowest BCUT2D eigenvalue weighted by Crippen LogP contribution is -2.07. The predicted molar refractivity (Wildman–Crippen MR) is 106 cm³/mol. The van der Waals surface area contributed by atoms with Crippen molar-refractivity contribution < 1.29 is 0 Å². The first-order valence-electron chi connectivity index (χ1n) is 8.67. The summed E-state index contributed by atoms with van der Waals surface area (Å²) in [5, 5.41) is 6.37. The fourth-order valence-corrected chi connectivity index (χ4v) is 2.65. The van der Waals surface area contributed by atoms with Crippen LogP contribution in [0.1, 0.15) is 35.7 Å². The van der Waals surface area contributed by atoms with E-state index in [9.17, 15) is 0 Å². The Labute approximate surface area is 154 Å². The second-order valence-electron chi connectivity index (χ2n) is 6.12. The molecule has 0 radical (unpaired) electrons. The minimum Gasteiger partial charge on any atom is -0.393 e. The standard InChI is InChI=1S/C21H23N5/c1-5-18(13-22-4)25-20-21-24-14-19(26(21)11-10-23-20)9-8-17-12-15(2)6-7-16(17)3/h6-7,10-14,22H,5H2,1-4H3,(H,23,25)/b18-13+. The third-order valence-electron chi connectivity index (χ3n) is 4.12. The third-order valence-corrected chi connectivity index (χ3v) is 4.12. The molecular formula is C21H23N5. The number of allylic oxidation sites excluding steroid dienone is 1. The van der Waals surface area contributed by atoms with Gasteiger partial charge in [-0.25, -0.2) is 9.97 Å². The highest BCUT2D eigenvalue weighted by Gasteiger charge is 2.08. The molecule has 0 atom stereocenters. The summed E-state index contributed by atoms with van der Waals surface area (Å²) in [7, 11) is 1.88. The van der Waals surface area contributed by atoms with Crippen molar-refractivity contribution in [3.8, 4) is 11.8 Å². The van der Waals surface area contributed by atoms with Crippen molar-refractivity contribution in [2.75, 3.05) is 12.4 Å². The zero-order valence-electron chi connectivity index (χ0n) is 15.6. The number of hydrogen-bond acceptors (Lipinski definition) is 4. The van der Waals surface area contributed by atoms with Crippen LogP contribution in [0, 0.1) is 25.7 Å². The maximum absolute atomic E-state index is 4.51. The van der Waals surface area contributed by atoms with Crippen LogP contribution in [0.4, 0.5) is 5.82 Å². The molecule has 132 valence electrons. The summed E-state index contributed by atoms with van der Waals surface area (Å²) >= 11 is 0. The van der Waals surface area contributed by atoms with Gasteiger partial charge in [0.2, 0.25) is 0 Å². The first-order chi connectivity index (χ1) is 12.6. The predicted octanol–water partition coefficient (Wildman–Crippen LogP) is 3.63. The molecule has 3 aromatic rings. The lowest BCUT2D eigenvalue weighted by Gasteiger charge is -2.09. The van der Waals surface area contributed by atoms with Gasteiger partial charge in [0.15, 0.2) is 11.5 Å². The summed E-state index contributed by atoms with van der Waals surface area (Å²) in [5.74, 6) is 7.22. The summed E-state index contributed by atoms with van der Waals surface area (Å²) < 4.78 is 1.96. The lowest BCUT2D eigenvalue weighted by molar-refractivity contribution is 1.00. The average Bonchev–Trinajstić information content (AvgIpc) is 3.06. The summed E-state index contributed by atoms with van der Waals surface area (Å²) in [4.78, 5) is 8.93. The van der Waals surface area contributed by atoms with E-state index in [1.807, 2.05) is 23.8 Å². The molecule has 3 rings (SSSR count). The molecule has 0 aliphatic heterocycles. The number of benzene rings is 1. The zero-order chi connectivity index (χ0) is 18.5. The number of aryl methyl sites for hydroxylation is 2. The first kappa shape index (κ1) is 17.6. The van der Waals surface area contributed by atoms with Crippen LogP contribution in [0.25, 0.3) is 5.65 Å². The number of nitrogens with zero attached hydrogens (tertiary/aromatic N) is 3. The number of hydrogen-bond donors (Lipinski definition) is 2. The number of imidazole rings is 1. The van der Waals surface area contributed by atoms with Crippen LogP contribution in [0.15, 0.2) is 48.7 Å². The number of anilines is 1. The Morgan fingerprint density at radius 3 is 2.85 bits per heavy atom. The largest absolute Gasteiger partial charge is 0.393 e. The Hall–Kier alpha value is -3.26. The van der Waals surface area contributed by atoms with Crippen LogP contribution in [-0.2, 0) is 0 Å². The second kappa shape index (κ2) is 7.75. The fraction of sp³-hybridized carbons (Fsp3) is 0.238. The highest BCUT2D eigenvalue weighted by molar-refractivity contribution is 5.66. The molecule has 2 aromatic heterocycles. The van der Waals surface area contributed by atoms with Gasteiger partial charge in [0.1, 0.15) is 5.69 Å². The molecule has 1 aromatic carbocycles. The Morgan fingerprint density at radius 2 is 2.08 bits per heavy atom. The van der Waals surface area contributed by atoms with E-state index in [0.29, 0.717) is 0 Å². The van der Waals surface area contributed by atoms with Crippen molar-refractivity contribution in [2.45, 2.75) is 27.2 Å². The van der Waals surface area contributed by atoms with Crippen molar-refractivity contribution >= 4 is 11.5 Å². The van der Waals surface area contributed by atoms with Crippen molar-refractivity contribution in [2.24, 2.45) is 0 Å². The van der Waals surface area contributed by atoms with Gasteiger partial charge in [-0.05, 0) is 43.4 Å². The molecule has 5 nitrogen and oxygen atoms in total.